The average molecular weight is 358 g/mol. The Morgan fingerprint density at radius 2 is 1.72 bits per heavy atom. The smallest absolute Gasteiger partial charge is 0.251 e. The van der Waals surface area contributed by atoms with Gasteiger partial charge in [-0.3, -0.25) is 9.59 Å². The number of hydrogen-bond donors (Lipinski definition) is 2. The first-order chi connectivity index (χ1) is 8.66. The maximum absolute atomic E-state index is 11.7. The number of halogens is 1. The van der Waals surface area contributed by atoms with E-state index in [1.165, 1.54) is 0 Å². The zero-order valence-corrected chi connectivity index (χ0v) is 12.1. The molecule has 0 aromatic heterocycles. The largest absolute Gasteiger partial charge is 0.354 e. The molecule has 1 aliphatic carbocycles. The van der Waals surface area contributed by atoms with Crippen LogP contribution in [0.15, 0.2) is 24.3 Å². The van der Waals surface area contributed by atoms with Crippen LogP contribution in [0.3, 0.4) is 0 Å². The summed E-state index contributed by atoms with van der Waals surface area (Å²) in [6.45, 7) is 0.953. The first kappa shape index (κ1) is 13.3. The zero-order valence-electron chi connectivity index (χ0n) is 9.91. The van der Waals surface area contributed by atoms with Gasteiger partial charge in [0.2, 0.25) is 5.91 Å². The maximum atomic E-state index is 11.7. The summed E-state index contributed by atoms with van der Waals surface area (Å²) in [5.41, 5.74) is 0.643. The molecule has 0 aliphatic heterocycles. The van der Waals surface area contributed by atoms with Crippen LogP contribution in [0.4, 0.5) is 0 Å². The van der Waals surface area contributed by atoms with Gasteiger partial charge in [0, 0.05) is 28.1 Å². The second-order valence-corrected chi connectivity index (χ2v) is 5.57. The summed E-state index contributed by atoms with van der Waals surface area (Å²) < 4.78 is 1.10. The molecule has 0 saturated heterocycles. The minimum Gasteiger partial charge on any atom is -0.354 e. The van der Waals surface area contributed by atoms with Crippen LogP contribution in [-0.2, 0) is 4.79 Å². The van der Waals surface area contributed by atoms with Gasteiger partial charge in [-0.2, -0.15) is 0 Å². The molecular weight excluding hydrogens is 343 g/mol. The molecule has 1 aliphatic rings. The Labute approximate surface area is 120 Å². The summed E-state index contributed by atoms with van der Waals surface area (Å²) in [6.07, 6.45) is 2.00. The van der Waals surface area contributed by atoms with Crippen molar-refractivity contribution in [2.24, 2.45) is 5.92 Å². The van der Waals surface area contributed by atoms with Crippen LogP contribution in [0.25, 0.3) is 0 Å². The molecule has 1 saturated carbocycles. The van der Waals surface area contributed by atoms with Crippen LogP contribution in [0.5, 0.6) is 0 Å². The highest BCUT2D eigenvalue weighted by molar-refractivity contribution is 14.1. The van der Waals surface area contributed by atoms with E-state index in [1.54, 1.807) is 12.1 Å². The Balaban J connectivity index is 1.68. The minimum atomic E-state index is -0.105. The van der Waals surface area contributed by atoms with Crippen molar-refractivity contribution in [3.63, 3.8) is 0 Å². The van der Waals surface area contributed by atoms with Gasteiger partial charge in [0.1, 0.15) is 0 Å². The van der Waals surface area contributed by atoms with Crippen molar-refractivity contribution in [1.29, 1.82) is 0 Å². The normalized spacial score (nSPS) is 14.1. The maximum Gasteiger partial charge on any atom is 0.251 e. The molecule has 96 valence electrons. The lowest BCUT2D eigenvalue weighted by atomic mass is 10.2. The Bertz CT molecular complexity index is 441. The van der Waals surface area contributed by atoms with E-state index in [1.807, 2.05) is 12.1 Å². The van der Waals surface area contributed by atoms with Gasteiger partial charge in [-0.15, -0.1) is 0 Å². The standard InChI is InChI=1S/C13H15IN2O2/c14-11-5-3-10(4-6-11)13(18)16-8-7-15-12(17)9-1-2-9/h3-6,9H,1-2,7-8H2,(H,15,17)(H,16,18). The molecule has 0 radical (unpaired) electrons. The van der Waals surface area contributed by atoms with Crippen molar-refractivity contribution < 1.29 is 9.59 Å². The molecule has 0 atom stereocenters. The predicted octanol–water partition coefficient (Wildman–Crippen LogP) is 1.55. The van der Waals surface area contributed by atoms with E-state index in [2.05, 4.69) is 33.2 Å². The first-order valence-electron chi connectivity index (χ1n) is 5.98. The third-order valence-electron chi connectivity index (χ3n) is 2.76. The average Bonchev–Trinajstić information content (AvgIpc) is 3.19. The fraction of sp³-hybridized carbons (Fsp3) is 0.385. The van der Waals surface area contributed by atoms with Gasteiger partial charge in [-0.1, -0.05) is 0 Å². The van der Waals surface area contributed by atoms with Gasteiger partial charge in [0.15, 0.2) is 0 Å². The second kappa shape index (κ2) is 6.17. The lowest BCUT2D eigenvalue weighted by molar-refractivity contribution is -0.122. The SMILES string of the molecule is O=C(NCCNC(=O)C1CC1)c1ccc(I)cc1. The molecule has 2 rings (SSSR count). The van der Waals surface area contributed by atoms with Crippen molar-refractivity contribution in [1.82, 2.24) is 10.6 Å². The van der Waals surface area contributed by atoms with Gasteiger partial charge < -0.3 is 10.6 Å². The molecule has 2 amide bonds. The highest BCUT2D eigenvalue weighted by Crippen LogP contribution is 2.28. The number of hydrogen-bond acceptors (Lipinski definition) is 2. The molecule has 4 nitrogen and oxygen atoms in total. The highest BCUT2D eigenvalue weighted by Gasteiger charge is 2.28. The monoisotopic (exact) mass is 358 g/mol. The van der Waals surface area contributed by atoms with Crippen LogP contribution in [0, 0.1) is 9.49 Å². The second-order valence-electron chi connectivity index (χ2n) is 4.33. The molecule has 1 fully saturated rings. The van der Waals surface area contributed by atoms with Gasteiger partial charge in [0.05, 0.1) is 0 Å². The zero-order chi connectivity index (χ0) is 13.0. The van der Waals surface area contributed by atoms with Crippen molar-refractivity contribution in [3.8, 4) is 0 Å². The number of amides is 2. The molecule has 1 aromatic rings. The van der Waals surface area contributed by atoms with Crippen LogP contribution in [-0.4, -0.2) is 24.9 Å². The number of carbonyl (C=O) groups excluding carboxylic acids is 2. The molecule has 0 spiro atoms. The molecule has 2 N–H and O–H groups in total. The van der Waals surface area contributed by atoms with Gasteiger partial charge in [-0.05, 0) is 59.7 Å². The van der Waals surface area contributed by atoms with E-state index in [4.69, 9.17) is 0 Å². The first-order valence-corrected chi connectivity index (χ1v) is 7.06. The summed E-state index contributed by atoms with van der Waals surface area (Å²) in [7, 11) is 0. The van der Waals surface area contributed by atoms with Crippen molar-refractivity contribution in [2.45, 2.75) is 12.8 Å². The van der Waals surface area contributed by atoms with Crippen LogP contribution < -0.4 is 10.6 Å². The Morgan fingerprint density at radius 3 is 2.33 bits per heavy atom. The topological polar surface area (TPSA) is 58.2 Å². The Morgan fingerprint density at radius 1 is 1.11 bits per heavy atom. The summed E-state index contributed by atoms with van der Waals surface area (Å²) >= 11 is 2.19. The summed E-state index contributed by atoms with van der Waals surface area (Å²) in [4.78, 5) is 23.1. The lowest BCUT2D eigenvalue weighted by Gasteiger charge is -2.06. The van der Waals surface area contributed by atoms with Crippen LogP contribution >= 0.6 is 22.6 Å². The Kier molecular flexibility index (Phi) is 4.57. The Hall–Kier alpha value is -1.11. The molecule has 18 heavy (non-hydrogen) atoms. The molecule has 5 heteroatoms. The van der Waals surface area contributed by atoms with E-state index in [9.17, 15) is 9.59 Å². The molecule has 0 unspecified atom stereocenters. The van der Waals surface area contributed by atoms with E-state index in [-0.39, 0.29) is 17.7 Å². The minimum absolute atomic E-state index is 0.105. The number of rotatable bonds is 5. The van der Waals surface area contributed by atoms with Crippen LogP contribution in [0.2, 0.25) is 0 Å². The fourth-order valence-corrected chi connectivity index (χ4v) is 1.91. The number of carbonyl (C=O) groups is 2. The molecule has 1 aromatic carbocycles. The highest BCUT2D eigenvalue weighted by atomic mass is 127. The van der Waals surface area contributed by atoms with Gasteiger partial charge in [-0.25, -0.2) is 0 Å². The fourth-order valence-electron chi connectivity index (χ4n) is 1.55. The summed E-state index contributed by atoms with van der Waals surface area (Å²) in [5, 5.41) is 5.58. The van der Waals surface area contributed by atoms with E-state index in [0.717, 1.165) is 16.4 Å². The molecule has 0 bridgehead atoms. The predicted molar refractivity (Wildman–Crippen MR) is 77.2 cm³/mol. The van der Waals surface area contributed by atoms with Crippen LogP contribution in [0.1, 0.15) is 23.2 Å². The van der Waals surface area contributed by atoms with Crippen molar-refractivity contribution in [2.75, 3.05) is 13.1 Å². The third-order valence-corrected chi connectivity index (χ3v) is 3.48. The summed E-state index contributed by atoms with van der Waals surface area (Å²) in [6, 6.07) is 7.37. The quantitative estimate of drug-likeness (QED) is 0.620. The van der Waals surface area contributed by atoms with E-state index >= 15 is 0 Å². The van der Waals surface area contributed by atoms with Gasteiger partial charge >= 0.3 is 0 Å². The lowest BCUT2D eigenvalue weighted by Crippen LogP contribution is -2.35. The number of benzene rings is 1. The third kappa shape index (κ3) is 3.97. The van der Waals surface area contributed by atoms with Gasteiger partial charge in [0.25, 0.3) is 5.91 Å². The van der Waals surface area contributed by atoms with Crippen molar-refractivity contribution in [3.05, 3.63) is 33.4 Å². The van der Waals surface area contributed by atoms with Crippen molar-refractivity contribution >= 4 is 34.4 Å². The van der Waals surface area contributed by atoms with E-state index in [0.29, 0.717) is 18.7 Å². The molecular formula is C13H15IN2O2. The molecule has 0 heterocycles. The van der Waals surface area contributed by atoms with E-state index < -0.39 is 0 Å². The summed E-state index contributed by atoms with van der Waals surface area (Å²) in [5.74, 6) is 0.225. The number of nitrogens with one attached hydrogen (secondary N) is 2.